The fraction of sp³-hybridized carbons (Fsp3) is 0.364. The Morgan fingerprint density at radius 2 is 2.27 bits per heavy atom. The van der Waals surface area contributed by atoms with E-state index in [1.165, 1.54) is 0 Å². The van der Waals surface area contributed by atoms with Gasteiger partial charge in [-0.2, -0.15) is 0 Å². The average Bonchev–Trinajstić information content (AvgIpc) is 2.32. The minimum Gasteiger partial charge on any atom is -0.491 e. The highest BCUT2D eigenvalue weighted by Crippen LogP contribution is 2.27. The van der Waals surface area contributed by atoms with E-state index in [0.717, 1.165) is 4.47 Å². The predicted octanol–water partition coefficient (Wildman–Crippen LogP) is 2.30. The molecule has 1 heterocycles. The number of hydrogen-bond donors (Lipinski definition) is 0. The van der Waals surface area contributed by atoms with Crippen LogP contribution in [0, 0.1) is 0 Å². The topological polar surface area (TPSA) is 29.5 Å². The van der Waals surface area contributed by atoms with Crippen molar-refractivity contribution in [2.75, 3.05) is 13.7 Å². The van der Waals surface area contributed by atoms with Gasteiger partial charge in [0.05, 0.1) is 11.6 Å². The van der Waals surface area contributed by atoms with Crippen molar-refractivity contribution in [3.63, 3.8) is 0 Å². The van der Waals surface area contributed by atoms with E-state index >= 15 is 0 Å². The third-order valence-electron chi connectivity index (χ3n) is 2.64. The first-order chi connectivity index (χ1) is 7.09. The Hall–Kier alpha value is -1.03. The van der Waals surface area contributed by atoms with Gasteiger partial charge in [-0.3, -0.25) is 4.79 Å². The molecule has 1 atom stereocenters. The van der Waals surface area contributed by atoms with Crippen LogP contribution < -0.4 is 4.74 Å². The molecule has 1 aliphatic heterocycles. The van der Waals surface area contributed by atoms with E-state index < -0.39 is 0 Å². The van der Waals surface area contributed by atoms with Crippen LogP contribution in [-0.4, -0.2) is 30.5 Å². The normalized spacial score (nSPS) is 20.6. The average molecular weight is 270 g/mol. The van der Waals surface area contributed by atoms with Gasteiger partial charge in [0.15, 0.2) is 0 Å². The maximum Gasteiger partial charge on any atom is 0.257 e. The molecule has 80 valence electrons. The number of ether oxygens (including phenoxy) is 1. The van der Waals surface area contributed by atoms with E-state index in [0.29, 0.717) is 17.9 Å². The molecule has 1 amide bonds. The molecule has 1 aromatic rings. The van der Waals surface area contributed by atoms with E-state index in [1.54, 1.807) is 18.0 Å². The van der Waals surface area contributed by atoms with Crippen LogP contribution in [0.5, 0.6) is 5.75 Å². The maximum atomic E-state index is 12.0. The molecule has 0 saturated carbocycles. The molecule has 0 aliphatic carbocycles. The number of halogens is 1. The summed E-state index contributed by atoms with van der Waals surface area (Å²) in [4.78, 5) is 13.7. The summed E-state index contributed by atoms with van der Waals surface area (Å²) in [6.07, 6.45) is 0. The molecule has 0 aromatic heterocycles. The predicted molar refractivity (Wildman–Crippen MR) is 61.2 cm³/mol. The maximum absolute atomic E-state index is 12.0. The van der Waals surface area contributed by atoms with Crippen LogP contribution in [0.15, 0.2) is 22.7 Å². The van der Waals surface area contributed by atoms with E-state index in [-0.39, 0.29) is 11.9 Å². The zero-order chi connectivity index (χ0) is 11.0. The van der Waals surface area contributed by atoms with Crippen LogP contribution >= 0.6 is 15.9 Å². The number of carbonyl (C=O) groups excluding carboxylic acids is 1. The third-order valence-corrected chi connectivity index (χ3v) is 3.13. The van der Waals surface area contributed by atoms with Gasteiger partial charge in [0, 0.05) is 11.5 Å². The van der Waals surface area contributed by atoms with Crippen LogP contribution in [0.4, 0.5) is 0 Å². The number of likely N-dealkylation sites (N-methyl/N-ethyl adjacent to an activating group) is 1. The van der Waals surface area contributed by atoms with Crippen molar-refractivity contribution in [1.82, 2.24) is 4.90 Å². The summed E-state index contributed by atoms with van der Waals surface area (Å²) in [6.45, 7) is 2.50. The molecule has 0 bridgehead atoms. The van der Waals surface area contributed by atoms with Crippen molar-refractivity contribution in [2.45, 2.75) is 13.0 Å². The van der Waals surface area contributed by atoms with E-state index in [2.05, 4.69) is 15.9 Å². The lowest BCUT2D eigenvalue weighted by Gasteiger charge is -2.20. The summed E-state index contributed by atoms with van der Waals surface area (Å²) in [6, 6.07) is 5.57. The minimum atomic E-state index is 0.0162. The molecule has 1 aliphatic rings. The number of carbonyl (C=O) groups is 1. The summed E-state index contributed by atoms with van der Waals surface area (Å²) in [7, 11) is 1.80. The standard InChI is InChI=1S/C11H12BrNO2/c1-7-6-15-10-5-8(12)3-4-9(10)11(14)13(7)2/h3-5,7H,6H2,1-2H3. The molecule has 4 heteroatoms. The first kappa shape index (κ1) is 10.5. The number of fused-ring (bicyclic) bond motifs is 1. The highest BCUT2D eigenvalue weighted by molar-refractivity contribution is 9.10. The Morgan fingerprint density at radius 1 is 1.53 bits per heavy atom. The van der Waals surface area contributed by atoms with Gasteiger partial charge in [-0.05, 0) is 25.1 Å². The number of amides is 1. The molecular weight excluding hydrogens is 258 g/mol. The Morgan fingerprint density at radius 3 is 3.00 bits per heavy atom. The van der Waals surface area contributed by atoms with Gasteiger partial charge in [0.1, 0.15) is 12.4 Å². The zero-order valence-electron chi connectivity index (χ0n) is 8.66. The van der Waals surface area contributed by atoms with E-state index in [9.17, 15) is 4.79 Å². The second kappa shape index (κ2) is 3.85. The van der Waals surface area contributed by atoms with Crippen molar-refractivity contribution < 1.29 is 9.53 Å². The molecule has 0 fully saturated rings. The number of benzene rings is 1. The third kappa shape index (κ3) is 1.86. The molecule has 0 spiro atoms. The van der Waals surface area contributed by atoms with Gasteiger partial charge < -0.3 is 9.64 Å². The summed E-state index contributed by atoms with van der Waals surface area (Å²) in [5.74, 6) is 0.674. The van der Waals surface area contributed by atoms with Crippen LogP contribution in [0.25, 0.3) is 0 Å². The molecule has 3 nitrogen and oxygen atoms in total. The highest BCUT2D eigenvalue weighted by Gasteiger charge is 2.25. The lowest BCUT2D eigenvalue weighted by atomic mass is 10.2. The molecule has 15 heavy (non-hydrogen) atoms. The van der Waals surface area contributed by atoms with Gasteiger partial charge in [-0.25, -0.2) is 0 Å². The Labute approximate surface area is 97.2 Å². The van der Waals surface area contributed by atoms with Crippen molar-refractivity contribution in [2.24, 2.45) is 0 Å². The van der Waals surface area contributed by atoms with Crippen LogP contribution in [0.1, 0.15) is 17.3 Å². The number of nitrogens with zero attached hydrogens (tertiary/aromatic N) is 1. The van der Waals surface area contributed by atoms with Gasteiger partial charge in [0.2, 0.25) is 0 Å². The van der Waals surface area contributed by atoms with Crippen LogP contribution in [0.3, 0.4) is 0 Å². The molecular formula is C11H12BrNO2. The van der Waals surface area contributed by atoms with Gasteiger partial charge >= 0.3 is 0 Å². The zero-order valence-corrected chi connectivity index (χ0v) is 10.2. The fourth-order valence-corrected chi connectivity index (χ4v) is 1.84. The Bertz CT molecular complexity index is 406. The SMILES string of the molecule is CC1COc2cc(Br)ccc2C(=O)N1C. The quantitative estimate of drug-likeness (QED) is 0.724. The Kier molecular flexibility index (Phi) is 2.69. The molecule has 1 unspecified atom stereocenters. The highest BCUT2D eigenvalue weighted by atomic mass is 79.9. The van der Waals surface area contributed by atoms with Crippen LogP contribution in [0.2, 0.25) is 0 Å². The fourth-order valence-electron chi connectivity index (χ4n) is 1.50. The lowest BCUT2D eigenvalue weighted by molar-refractivity contribution is 0.0732. The van der Waals surface area contributed by atoms with E-state index in [4.69, 9.17) is 4.74 Å². The molecule has 0 saturated heterocycles. The second-order valence-corrected chi connectivity index (χ2v) is 4.63. The van der Waals surface area contributed by atoms with Gasteiger partial charge in [-0.15, -0.1) is 0 Å². The van der Waals surface area contributed by atoms with Crippen molar-refractivity contribution in [3.05, 3.63) is 28.2 Å². The van der Waals surface area contributed by atoms with Crippen LogP contribution in [-0.2, 0) is 0 Å². The monoisotopic (exact) mass is 269 g/mol. The van der Waals surface area contributed by atoms with Gasteiger partial charge in [0.25, 0.3) is 5.91 Å². The lowest BCUT2D eigenvalue weighted by Crippen LogP contribution is -2.36. The molecule has 0 radical (unpaired) electrons. The van der Waals surface area contributed by atoms with E-state index in [1.807, 2.05) is 19.1 Å². The molecule has 0 N–H and O–H groups in total. The van der Waals surface area contributed by atoms with Crippen molar-refractivity contribution in [3.8, 4) is 5.75 Å². The first-order valence-electron chi connectivity index (χ1n) is 4.79. The summed E-state index contributed by atoms with van der Waals surface area (Å²) >= 11 is 3.36. The summed E-state index contributed by atoms with van der Waals surface area (Å²) in [5.41, 5.74) is 0.630. The molecule has 1 aromatic carbocycles. The molecule has 2 rings (SSSR count). The number of hydrogen-bond acceptors (Lipinski definition) is 2. The second-order valence-electron chi connectivity index (χ2n) is 3.72. The van der Waals surface area contributed by atoms with Crippen molar-refractivity contribution >= 4 is 21.8 Å². The minimum absolute atomic E-state index is 0.0162. The van der Waals surface area contributed by atoms with Gasteiger partial charge in [-0.1, -0.05) is 15.9 Å². The summed E-state index contributed by atoms with van der Waals surface area (Å²) in [5, 5.41) is 0. The first-order valence-corrected chi connectivity index (χ1v) is 5.58. The summed E-state index contributed by atoms with van der Waals surface area (Å²) < 4.78 is 6.51. The smallest absolute Gasteiger partial charge is 0.257 e. The number of rotatable bonds is 0. The largest absolute Gasteiger partial charge is 0.491 e. The van der Waals surface area contributed by atoms with Crippen molar-refractivity contribution in [1.29, 1.82) is 0 Å². The Balaban J connectivity index is 2.47.